The van der Waals surface area contributed by atoms with E-state index in [1.807, 2.05) is 0 Å². The molecular weight excluding hydrogens is 566 g/mol. The summed E-state index contributed by atoms with van der Waals surface area (Å²) in [5.41, 5.74) is 4.06. The first-order chi connectivity index (χ1) is 19.6. The van der Waals surface area contributed by atoms with Crippen LogP contribution >= 0.6 is 11.6 Å². The lowest BCUT2D eigenvalue weighted by atomic mass is 9.81. The lowest BCUT2D eigenvalue weighted by Gasteiger charge is -2.49. The van der Waals surface area contributed by atoms with Crippen molar-refractivity contribution in [3.8, 4) is 6.07 Å². The topological polar surface area (TPSA) is 138 Å². The van der Waals surface area contributed by atoms with Gasteiger partial charge in [-0.2, -0.15) is 5.26 Å². The minimum Gasteiger partial charge on any atom is -0.368 e. The monoisotopic (exact) mass is 599 g/mol. The molecule has 0 aromatic heterocycles. The maximum absolute atomic E-state index is 13.2. The summed E-state index contributed by atoms with van der Waals surface area (Å²) in [6, 6.07) is 15.6. The molecule has 3 aliphatic heterocycles. The molecule has 0 aliphatic carbocycles. The Morgan fingerprint density at radius 3 is 2.49 bits per heavy atom. The molecule has 2 aromatic rings. The van der Waals surface area contributed by atoms with Gasteiger partial charge in [0.25, 0.3) is 5.91 Å². The molecule has 0 saturated carbocycles. The Balaban J connectivity index is 1.36. The quantitative estimate of drug-likeness (QED) is 0.441. The molecule has 5 rings (SSSR count). The summed E-state index contributed by atoms with van der Waals surface area (Å²) in [6.07, 6.45) is 1.58. The number of nitrogens with zero attached hydrogens (tertiary/aromatic N) is 4. The van der Waals surface area contributed by atoms with Crippen molar-refractivity contribution < 1.29 is 18.0 Å². The minimum absolute atomic E-state index is 0.0843. The molecule has 2 amide bonds. The van der Waals surface area contributed by atoms with Gasteiger partial charge in [0.05, 0.1) is 39.4 Å². The molecule has 3 unspecified atom stereocenters. The van der Waals surface area contributed by atoms with E-state index in [0.717, 1.165) is 4.31 Å². The first kappa shape index (κ1) is 29.3. The fourth-order valence-corrected chi connectivity index (χ4v) is 7.23. The van der Waals surface area contributed by atoms with Gasteiger partial charge in [-0.25, -0.2) is 23.2 Å². The largest absolute Gasteiger partial charge is 0.368 e. The number of piperidine rings is 2. The molecule has 3 atom stereocenters. The highest BCUT2D eigenvalue weighted by Gasteiger charge is 2.55. The highest BCUT2D eigenvalue weighted by Crippen LogP contribution is 2.40. The standard InChI is InChI=1S/C28H34ClN7O4S/c1-34(2)41(39,40)20-9-7-19(8-10-20)32-25-24-23(11-16-31-26(24)37)36(33-25)28(12-15-30)13-17-35(18-14-28)27(38)21-5-3-4-6-22(21)29/h3-10,23-25,32-33H,11-14,16-18H2,1-2H3,(H,31,37). The van der Waals surface area contributed by atoms with Crippen LogP contribution in [-0.4, -0.2) is 85.9 Å². The van der Waals surface area contributed by atoms with Crippen LogP contribution < -0.4 is 16.1 Å². The van der Waals surface area contributed by atoms with Crippen molar-refractivity contribution in [2.75, 3.05) is 39.0 Å². The van der Waals surface area contributed by atoms with Crippen molar-refractivity contribution in [1.82, 2.24) is 25.0 Å². The summed E-state index contributed by atoms with van der Waals surface area (Å²) in [5.74, 6) is -0.656. The number of carbonyl (C=O) groups is 2. The second-order valence-electron chi connectivity index (χ2n) is 10.9. The van der Waals surface area contributed by atoms with Gasteiger partial charge >= 0.3 is 0 Å². The van der Waals surface area contributed by atoms with Gasteiger partial charge in [0.1, 0.15) is 6.17 Å². The number of anilines is 1. The van der Waals surface area contributed by atoms with E-state index in [1.165, 1.54) is 26.2 Å². The van der Waals surface area contributed by atoms with Crippen molar-refractivity contribution in [2.45, 2.75) is 48.3 Å². The molecule has 2 aromatic carbocycles. The first-order valence-corrected chi connectivity index (χ1v) is 15.4. The number of rotatable bonds is 7. The van der Waals surface area contributed by atoms with E-state index in [-0.39, 0.29) is 29.2 Å². The number of carbonyl (C=O) groups excluding carboxylic acids is 2. The Morgan fingerprint density at radius 1 is 1.17 bits per heavy atom. The molecule has 0 spiro atoms. The number of likely N-dealkylation sites (tertiary alicyclic amines) is 1. The van der Waals surface area contributed by atoms with Crippen molar-refractivity contribution in [2.24, 2.45) is 5.92 Å². The summed E-state index contributed by atoms with van der Waals surface area (Å²) < 4.78 is 26.1. The van der Waals surface area contributed by atoms with Crippen LogP contribution in [0.1, 0.15) is 36.0 Å². The Kier molecular flexibility index (Phi) is 8.27. The molecule has 3 aliphatic rings. The molecule has 0 radical (unpaired) electrons. The molecule has 3 N–H and O–H groups in total. The SMILES string of the molecule is CN(C)S(=O)(=O)c1ccc(NC2NN(C3(CC#N)CCN(C(=O)c4ccccc4Cl)CC3)C3CCNC(=O)C23)cc1. The number of halogens is 1. The van der Waals surface area contributed by atoms with Crippen molar-refractivity contribution >= 4 is 39.1 Å². The minimum atomic E-state index is -3.57. The zero-order chi connectivity index (χ0) is 29.4. The molecule has 11 nitrogen and oxygen atoms in total. The first-order valence-electron chi connectivity index (χ1n) is 13.6. The Morgan fingerprint density at radius 2 is 1.85 bits per heavy atom. The number of hydrogen-bond acceptors (Lipinski definition) is 8. The van der Waals surface area contributed by atoms with Gasteiger partial charge in [-0.05, 0) is 55.7 Å². The number of hydrogen-bond donors (Lipinski definition) is 3. The van der Waals surface area contributed by atoms with Crippen LogP contribution in [0.15, 0.2) is 53.4 Å². The summed E-state index contributed by atoms with van der Waals surface area (Å²) in [4.78, 5) is 28.3. The summed E-state index contributed by atoms with van der Waals surface area (Å²) >= 11 is 6.28. The molecule has 41 heavy (non-hydrogen) atoms. The number of nitrogens with one attached hydrogen (secondary N) is 3. The lowest BCUT2D eigenvalue weighted by molar-refractivity contribution is -0.128. The maximum Gasteiger partial charge on any atom is 0.255 e. The highest BCUT2D eigenvalue weighted by molar-refractivity contribution is 7.89. The fourth-order valence-electron chi connectivity index (χ4n) is 6.11. The average Bonchev–Trinajstić information content (AvgIpc) is 3.34. The van der Waals surface area contributed by atoms with E-state index in [9.17, 15) is 23.3 Å². The number of hydrazine groups is 1. The smallest absolute Gasteiger partial charge is 0.255 e. The number of sulfonamides is 1. The third-order valence-electron chi connectivity index (χ3n) is 8.39. The second kappa shape index (κ2) is 11.6. The molecule has 3 fully saturated rings. The van der Waals surface area contributed by atoms with Crippen LogP contribution in [-0.2, 0) is 14.8 Å². The molecular formula is C28H34ClN7O4S. The third-order valence-corrected chi connectivity index (χ3v) is 10.5. The summed E-state index contributed by atoms with van der Waals surface area (Å²) in [7, 11) is -0.604. The van der Waals surface area contributed by atoms with Gasteiger partial charge in [0, 0.05) is 45.5 Å². The third kappa shape index (κ3) is 5.52. The van der Waals surface area contributed by atoms with Crippen LogP contribution in [0, 0.1) is 17.2 Å². The zero-order valence-electron chi connectivity index (χ0n) is 23.0. The number of nitriles is 1. The molecule has 3 saturated heterocycles. The fraction of sp³-hybridized carbons (Fsp3) is 0.464. The summed E-state index contributed by atoms with van der Waals surface area (Å²) in [6.45, 7) is 1.43. The van der Waals surface area contributed by atoms with Gasteiger partial charge in [-0.15, -0.1) is 0 Å². The molecule has 3 heterocycles. The van der Waals surface area contributed by atoms with Crippen LogP contribution in [0.2, 0.25) is 5.02 Å². The molecule has 218 valence electrons. The van der Waals surface area contributed by atoms with Crippen molar-refractivity contribution in [1.29, 1.82) is 5.26 Å². The lowest BCUT2D eigenvalue weighted by Crippen LogP contribution is -2.62. The van der Waals surface area contributed by atoms with E-state index in [4.69, 9.17) is 11.6 Å². The van der Waals surface area contributed by atoms with Gasteiger partial charge in [-0.1, -0.05) is 23.7 Å². The van der Waals surface area contributed by atoms with E-state index in [1.54, 1.807) is 41.3 Å². The van der Waals surface area contributed by atoms with E-state index < -0.39 is 27.6 Å². The Bertz CT molecular complexity index is 1450. The number of amides is 2. The van der Waals surface area contributed by atoms with E-state index in [2.05, 4.69) is 27.1 Å². The highest BCUT2D eigenvalue weighted by atomic mass is 35.5. The van der Waals surface area contributed by atoms with Gasteiger partial charge < -0.3 is 15.5 Å². The second-order valence-corrected chi connectivity index (χ2v) is 13.5. The number of fused-ring (bicyclic) bond motifs is 1. The van der Waals surface area contributed by atoms with Gasteiger partial charge in [0.2, 0.25) is 15.9 Å². The van der Waals surface area contributed by atoms with E-state index >= 15 is 0 Å². The van der Waals surface area contributed by atoms with Gasteiger partial charge in [-0.3, -0.25) is 9.59 Å². The Labute approximate surface area is 245 Å². The van der Waals surface area contributed by atoms with Crippen molar-refractivity contribution in [3.63, 3.8) is 0 Å². The number of benzene rings is 2. The van der Waals surface area contributed by atoms with E-state index in [0.29, 0.717) is 55.2 Å². The summed E-state index contributed by atoms with van der Waals surface area (Å²) in [5, 5.41) is 18.7. The van der Waals surface area contributed by atoms with Gasteiger partial charge in [0.15, 0.2) is 0 Å². The van der Waals surface area contributed by atoms with Crippen LogP contribution in [0.25, 0.3) is 0 Å². The van der Waals surface area contributed by atoms with Crippen LogP contribution in [0.4, 0.5) is 5.69 Å². The molecule has 13 heteroatoms. The predicted octanol–water partition coefficient (Wildman–Crippen LogP) is 2.24. The van der Waals surface area contributed by atoms with Crippen molar-refractivity contribution in [3.05, 3.63) is 59.1 Å². The predicted molar refractivity (Wildman–Crippen MR) is 154 cm³/mol. The molecule has 0 bridgehead atoms. The van der Waals surface area contributed by atoms with Crippen LogP contribution in [0.5, 0.6) is 0 Å². The zero-order valence-corrected chi connectivity index (χ0v) is 24.6. The van der Waals surface area contributed by atoms with Crippen LogP contribution in [0.3, 0.4) is 0 Å². The maximum atomic E-state index is 13.2. The Hall–Kier alpha value is -3.21. The normalized spacial score (nSPS) is 24.4. The average molecular weight is 600 g/mol.